The smallest absolute Gasteiger partial charge is 0.475 e. The summed E-state index contributed by atoms with van der Waals surface area (Å²) in [6, 6.07) is 4.03. The fourth-order valence-corrected chi connectivity index (χ4v) is 1.64. The molecule has 1 aliphatic rings. The highest BCUT2D eigenvalue weighted by atomic mass is 19.4. The Labute approximate surface area is 158 Å². The Morgan fingerprint density at radius 3 is 1.79 bits per heavy atom. The van der Waals surface area contributed by atoms with Crippen molar-refractivity contribution in [2.45, 2.75) is 30.7 Å². The third-order valence-corrected chi connectivity index (χ3v) is 3.33. The summed E-state index contributed by atoms with van der Waals surface area (Å²) >= 11 is 0. The van der Waals surface area contributed by atoms with Crippen molar-refractivity contribution < 1.29 is 46.1 Å². The molecule has 2 aromatic heterocycles. The summed E-state index contributed by atoms with van der Waals surface area (Å²) in [5.74, 6) is -5.51. The Morgan fingerprint density at radius 2 is 1.52 bits per heavy atom. The number of pyridine rings is 1. The number of hydrogen-bond donors (Lipinski definition) is 3. The quantitative estimate of drug-likeness (QED) is 0.627. The van der Waals surface area contributed by atoms with E-state index in [1.54, 1.807) is 12.5 Å². The number of aliphatic carboxylic acids is 2. The molecule has 8 nitrogen and oxygen atoms in total. The Bertz CT molecular complexity index is 791. The van der Waals surface area contributed by atoms with E-state index in [9.17, 15) is 26.3 Å². The molecule has 0 spiro atoms. The van der Waals surface area contributed by atoms with E-state index in [0.29, 0.717) is 0 Å². The van der Waals surface area contributed by atoms with Crippen molar-refractivity contribution in [1.82, 2.24) is 14.5 Å². The molecule has 29 heavy (non-hydrogen) atoms. The van der Waals surface area contributed by atoms with Crippen molar-refractivity contribution in [2.24, 2.45) is 5.73 Å². The van der Waals surface area contributed by atoms with Gasteiger partial charge >= 0.3 is 24.3 Å². The first-order valence-electron chi connectivity index (χ1n) is 7.51. The largest absolute Gasteiger partial charge is 0.490 e. The zero-order valence-corrected chi connectivity index (χ0v) is 14.3. The lowest BCUT2D eigenvalue weighted by Gasteiger charge is -2.08. The van der Waals surface area contributed by atoms with Gasteiger partial charge in [0, 0.05) is 12.4 Å². The summed E-state index contributed by atoms with van der Waals surface area (Å²) in [5.41, 5.74) is 7.92. The van der Waals surface area contributed by atoms with Gasteiger partial charge < -0.3 is 20.5 Å². The number of imidazole rings is 1. The number of carboxylic acids is 2. The maximum absolute atomic E-state index is 10.6. The lowest BCUT2D eigenvalue weighted by Crippen LogP contribution is -2.21. The Morgan fingerprint density at radius 1 is 1.03 bits per heavy atom. The van der Waals surface area contributed by atoms with Crippen LogP contribution in [0.3, 0.4) is 0 Å². The van der Waals surface area contributed by atoms with Crippen LogP contribution in [0.1, 0.15) is 18.5 Å². The van der Waals surface area contributed by atoms with E-state index in [1.165, 1.54) is 0 Å². The van der Waals surface area contributed by atoms with Crippen LogP contribution in [-0.4, -0.2) is 49.0 Å². The Balaban J connectivity index is 0.000000255. The van der Waals surface area contributed by atoms with Gasteiger partial charge in [0.2, 0.25) is 0 Å². The van der Waals surface area contributed by atoms with Crippen LogP contribution in [0.15, 0.2) is 37.1 Å². The molecular weight excluding hydrogens is 414 g/mol. The van der Waals surface area contributed by atoms with Gasteiger partial charge in [-0.3, -0.25) is 4.98 Å². The summed E-state index contributed by atoms with van der Waals surface area (Å²) in [5, 5.41) is 14.2. The number of nitrogens with zero attached hydrogens (tertiary/aromatic N) is 3. The molecule has 0 aliphatic heterocycles. The molecule has 4 N–H and O–H groups in total. The van der Waals surface area contributed by atoms with Crippen LogP contribution in [0.5, 0.6) is 0 Å². The van der Waals surface area contributed by atoms with E-state index < -0.39 is 24.3 Å². The lowest BCUT2D eigenvalue weighted by molar-refractivity contribution is -0.193. The number of hydrogen-bond acceptors (Lipinski definition) is 5. The first-order valence-corrected chi connectivity index (χ1v) is 7.51. The van der Waals surface area contributed by atoms with E-state index in [1.807, 2.05) is 29.1 Å². The minimum Gasteiger partial charge on any atom is -0.475 e. The molecule has 0 radical (unpaired) electrons. The van der Waals surface area contributed by atoms with Gasteiger partial charge in [-0.1, -0.05) is 0 Å². The van der Waals surface area contributed by atoms with Crippen molar-refractivity contribution in [3.05, 3.63) is 42.7 Å². The second-order valence-electron chi connectivity index (χ2n) is 5.63. The number of alkyl halides is 6. The van der Waals surface area contributed by atoms with Crippen LogP contribution in [0.4, 0.5) is 26.3 Å². The van der Waals surface area contributed by atoms with Crippen molar-refractivity contribution in [2.75, 3.05) is 0 Å². The second kappa shape index (κ2) is 8.89. The molecular formula is C15H14F6N4O4. The van der Waals surface area contributed by atoms with E-state index in [4.69, 9.17) is 25.5 Å². The molecule has 2 heterocycles. The standard InChI is InChI=1S/C11H12N4.2C2HF3O2/c12-11(3-4-11)10-2-1-9(7-14-10)15-6-5-13-8-15;2*3-2(4,5)1(6)7/h1-2,5-8H,3-4,12H2;2*(H,6,7). The minimum atomic E-state index is -5.08. The van der Waals surface area contributed by atoms with E-state index in [0.717, 1.165) is 24.2 Å². The fourth-order valence-electron chi connectivity index (χ4n) is 1.64. The molecule has 3 rings (SSSR count). The maximum Gasteiger partial charge on any atom is 0.490 e. The van der Waals surface area contributed by atoms with Crippen molar-refractivity contribution in [3.8, 4) is 5.69 Å². The number of halogens is 6. The number of rotatable bonds is 2. The van der Waals surface area contributed by atoms with Gasteiger partial charge in [-0.25, -0.2) is 14.6 Å². The third-order valence-electron chi connectivity index (χ3n) is 3.33. The Kier molecular flexibility index (Phi) is 7.32. The highest BCUT2D eigenvalue weighted by Gasteiger charge is 2.41. The van der Waals surface area contributed by atoms with Gasteiger partial charge in [0.25, 0.3) is 0 Å². The van der Waals surface area contributed by atoms with Crippen molar-refractivity contribution in [1.29, 1.82) is 0 Å². The van der Waals surface area contributed by atoms with Crippen LogP contribution in [-0.2, 0) is 15.1 Å². The van der Waals surface area contributed by atoms with Gasteiger partial charge in [-0.2, -0.15) is 26.3 Å². The van der Waals surface area contributed by atoms with Gasteiger partial charge in [0.05, 0.1) is 29.4 Å². The zero-order chi connectivity index (χ0) is 22.5. The third kappa shape index (κ3) is 7.77. The summed E-state index contributed by atoms with van der Waals surface area (Å²) in [6.07, 6.45) is -0.837. The highest BCUT2D eigenvalue weighted by Crippen LogP contribution is 2.41. The molecule has 1 saturated carbocycles. The maximum atomic E-state index is 10.6. The zero-order valence-electron chi connectivity index (χ0n) is 14.3. The topological polar surface area (TPSA) is 131 Å². The van der Waals surface area contributed by atoms with Crippen LogP contribution >= 0.6 is 0 Å². The van der Waals surface area contributed by atoms with E-state index in [2.05, 4.69) is 9.97 Å². The van der Waals surface area contributed by atoms with Crippen molar-refractivity contribution in [3.63, 3.8) is 0 Å². The molecule has 0 unspecified atom stereocenters. The average molecular weight is 428 g/mol. The fraction of sp³-hybridized carbons (Fsp3) is 0.333. The van der Waals surface area contributed by atoms with Crippen LogP contribution in [0, 0.1) is 0 Å². The summed E-state index contributed by atoms with van der Waals surface area (Å²) in [4.78, 5) is 26.2. The average Bonchev–Trinajstić information content (AvgIpc) is 3.13. The molecule has 0 atom stereocenters. The predicted molar refractivity (Wildman–Crippen MR) is 83.8 cm³/mol. The molecule has 0 aromatic carbocycles. The predicted octanol–water partition coefficient (Wildman–Crippen LogP) is 2.48. The van der Waals surface area contributed by atoms with Crippen LogP contribution in [0.25, 0.3) is 5.69 Å². The van der Waals surface area contributed by atoms with E-state index >= 15 is 0 Å². The minimum absolute atomic E-state index is 0.145. The number of carbonyl (C=O) groups is 2. The number of carboxylic acid groups (broad SMARTS) is 2. The highest BCUT2D eigenvalue weighted by molar-refractivity contribution is 5.73. The van der Waals surface area contributed by atoms with Crippen LogP contribution < -0.4 is 5.73 Å². The normalized spacial score (nSPS) is 14.6. The van der Waals surface area contributed by atoms with Gasteiger partial charge in [-0.15, -0.1) is 0 Å². The first-order chi connectivity index (χ1) is 13.2. The Hall–Kier alpha value is -3.16. The lowest BCUT2D eigenvalue weighted by atomic mass is 10.2. The van der Waals surface area contributed by atoms with Gasteiger partial charge in [-0.05, 0) is 25.0 Å². The molecule has 0 amide bonds. The summed E-state index contributed by atoms with van der Waals surface area (Å²) in [6.45, 7) is 0. The summed E-state index contributed by atoms with van der Waals surface area (Å²) < 4.78 is 65.4. The molecule has 0 saturated heterocycles. The SMILES string of the molecule is NC1(c2ccc(-n3ccnc3)cn2)CC1.O=C(O)C(F)(F)F.O=C(O)C(F)(F)F. The summed E-state index contributed by atoms with van der Waals surface area (Å²) in [7, 11) is 0. The van der Waals surface area contributed by atoms with Gasteiger partial charge in [0.15, 0.2) is 0 Å². The molecule has 2 aromatic rings. The molecule has 0 bridgehead atoms. The molecule has 160 valence electrons. The van der Waals surface area contributed by atoms with Crippen LogP contribution in [0.2, 0.25) is 0 Å². The van der Waals surface area contributed by atoms with Crippen molar-refractivity contribution >= 4 is 11.9 Å². The van der Waals surface area contributed by atoms with Gasteiger partial charge in [0.1, 0.15) is 0 Å². The van der Waals surface area contributed by atoms with E-state index in [-0.39, 0.29) is 5.54 Å². The molecule has 1 fully saturated rings. The molecule has 14 heteroatoms. The number of nitrogens with two attached hydrogens (primary N) is 1. The second-order valence-corrected chi connectivity index (χ2v) is 5.63. The monoisotopic (exact) mass is 428 g/mol. The number of aromatic nitrogens is 3. The molecule has 1 aliphatic carbocycles. The first kappa shape index (κ1) is 23.9.